The zero-order chi connectivity index (χ0) is 23.4. The fourth-order valence-corrected chi connectivity index (χ4v) is 5.11. The van der Waals surface area contributed by atoms with Crippen molar-refractivity contribution in [2.45, 2.75) is 44.6 Å². The summed E-state index contributed by atoms with van der Waals surface area (Å²) in [6, 6.07) is 15.5. The maximum absolute atomic E-state index is 12.6. The fourth-order valence-electron chi connectivity index (χ4n) is 5.11. The number of benzene rings is 2. The van der Waals surface area contributed by atoms with Gasteiger partial charge in [-0.25, -0.2) is 9.59 Å². The molecule has 2 unspecified atom stereocenters. The van der Waals surface area contributed by atoms with E-state index in [-0.39, 0.29) is 30.3 Å². The second-order valence-electron chi connectivity index (χ2n) is 8.81. The number of aliphatic carboxylic acids is 1. The number of fused-ring (bicyclic) bond motifs is 3. The molecule has 1 fully saturated rings. The number of carbonyl (C=O) groups is 3. The Hall–Kier alpha value is -3.35. The van der Waals surface area contributed by atoms with Gasteiger partial charge in [0.2, 0.25) is 5.91 Å². The highest BCUT2D eigenvalue weighted by atomic mass is 16.5. The Morgan fingerprint density at radius 2 is 1.67 bits per heavy atom. The maximum Gasteiger partial charge on any atom is 0.407 e. The highest BCUT2D eigenvalue weighted by molar-refractivity contribution is 5.85. The van der Waals surface area contributed by atoms with Crippen molar-refractivity contribution in [1.29, 1.82) is 0 Å². The third-order valence-corrected chi connectivity index (χ3v) is 6.87. The first-order valence-electron chi connectivity index (χ1n) is 11.6. The van der Waals surface area contributed by atoms with Crippen molar-refractivity contribution in [2.75, 3.05) is 13.2 Å². The number of amides is 2. The molecule has 0 radical (unpaired) electrons. The first kappa shape index (κ1) is 22.8. The van der Waals surface area contributed by atoms with Gasteiger partial charge in [-0.1, -0.05) is 61.9 Å². The lowest BCUT2D eigenvalue weighted by molar-refractivity contribution is -0.142. The predicted molar refractivity (Wildman–Crippen MR) is 124 cm³/mol. The van der Waals surface area contributed by atoms with E-state index in [1.54, 1.807) is 6.92 Å². The number of rotatable bonds is 8. The van der Waals surface area contributed by atoms with Crippen LogP contribution in [0.5, 0.6) is 0 Å². The number of ether oxygens (including phenoxy) is 1. The number of carboxylic acid groups (broad SMARTS) is 1. The van der Waals surface area contributed by atoms with Crippen molar-refractivity contribution in [2.24, 2.45) is 11.8 Å². The Kier molecular flexibility index (Phi) is 6.96. The van der Waals surface area contributed by atoms with Gasteiger partial charge in [0.15, 0.2) is 0 Å². The van der Waals surface area contributed by atoms with Gasteiger partial charge in [0, 0.05) is 18.4 Å². The molecule has 174 valence electrons. The molecule has 33 heavy (non-hydrogen) atoms. The number of alkyl carbamates (subject to hydrolysis) is 1. The van der Waals surface area contributed by atoms with Crippen molar-refractivity contribution in [3.8, 4) is 11.1 Å². The molecular weight excluding hydrogens is 420 g/mol. The lowest BCUT2D eigenvalue weighted by Gasteiger charge is -2.22. The zero-order valence-electron chi connectivity index (χ0n) is 18.8. The zero-order valence-corrected chi connectivity index (χ0v) is 18.8. The van der Waals surface area contributed by atoms with E-state index in [9.17, 15) is 19.5 Å². The Morgan fingerprint density at radius 1 is 1.03 bits per heavy atom. The Morgan fingerprint density at radius 3 is 2.27 bits per heavy atom. The Bertz CT molecular complexity index is 991. The Labute approximate surface area is 193 Å². The van der Waals surface area contributed by atoms with Gasteiger partial charge in [0.1, 0.15) is 12.6 Å². The highest BCUT2D eigenvalue weighted by Crippen LogP contribution is 2.44. The average Bonchev–Trinajstić information content (AvgIpc) is 3.42. The summed E-state index contributed by atoms with van der Waals surface area (Å²) in [5.41, 5.74) is 4.66. The summed E-state index contributed by atoms with van der Waals surface area (Å²) in [6.07, 6.45) is 2.21. The van der Waals surface area contributed by atoms with Gasteiger partial charge in [-0.2, -0.15) is 0 Å². The van der Waals surface area contributed by atoms with Crippen LogP contribution in [0, 0.1) is 11.8 Å². The molecule has 0 spiro atoms. The van der Waals surface area contributed by atoms with Crippen LogP contribution in [0.25, 0.3) is 11.1 Å². The van der Waals surface area contributed by atoms with Gasteiger partial charge in [-0.3, -0.25) is 4.79 Å². The minimum absolute atomic E-state index is 0.00449. The second kappa shape index (κ2) is 10.1. The third-order valence-electron chi connectivity index (χ3n) is 6.87. The maximum atomic E-state index is 12.6. The molecule has 7 nitrogen and oxygen atoms in total. The molecular formula is C26H30N2O5. The fraction of sp³-hybridized carbons (Fsp3) is 0.423. The van der Waals surface area contributed by atoms with Gasteiger partial charge in [-0.15, -0.1) is 0 Å². The molecule has 2 aromatic rings. The van der Waals surface area contributed by atoms with Crippen LogP contribution in [-0.4, -0.2) is 42.3 Å². The number of hydrogen-bond donors (Lipinski definition) is 3. The van der Waals surface area contributed by atoms with Gasteiger partial charge in [0.25, 0.3) is 0 Å². The number of nitrogens with one attached hydrogen (secondary N) is 2. The quantitative estimate of drug-likeness (QED) is 0.565. The molecule has 3 N–H and O–H groups in total. The van der Waals surface area contributed by atoms with Crippen molar-refractivity contribution in [3.63, 3.8) is 0 Å². The first-order valence-corrected chi connectivity index (χ1v) is 11.6. The van der Waals surface area contributed by atoms with Crippen LogP contribution in [0.4, 0.5) is 4.79 Å². The van der Waals surface area contributed by atoms with E-state index in [4.69, 9.17) is 4.74 Å². The van der Waals surface area contributed by atoms with Crippen LogP contribution < -0.4 is 10.6 Å². The molecule has 2 aliphatic carbocycles. The molecule has 0 bridgehead atoms. The molecule has 1 saturated carbocycles. The van der Waals surface area contributed by atoms with Crippen molar-refractivity contribution in [3.05, 3.63) is 59.7 Å². The third kappa shape index (κ3) is 4.87. The van der Waals surface area contributed by atoms with E-state index in [1.807, 2.05) is 24.3 Å². The smallest absolute Gasteiger partial charge is 0.407 e. The summed E-state index contributed by atoms with van der Waals surface area (Å²) in [7, 11) is 0. The van der Waals surface area contributed by atoms with Crippen LogP contribution in [0.3, 0.4) is 0 Å². The summed E-state index contributed by atoms with van der Waals surface area (Å²) in [6.45, 7) is 2.30. The van der Waals surface area contributed by atoms with E-state index in [0.29, 0.717) is 19.4 Å². The molecule has 0 saturated heterocycles. The summed E-state index contributed by atoms with van der Waals surface area (Å²) < 4.78 is 5.58. The van der Waals surface area contributed by atoms with Crippen LogP contribution in [0.2, 0.25) is 0 Å². The molecule has 4 rings (SSSR count). The van der Waals surface area contributed by atoms with Gasteiger partial charge < -0.3 is 20.5 Å². The van der Waals surface area contributed by atoms with E-state index in [2.05, 4.69) is 34.9 Å². The molecule has 7 heteroatoms. The minimum Gasteiger partial charge on any atom is -0.480 e. The summed E-state index contributed by atoms with van der Waals surface area (Å²) >= 11 is 0. The van der Waals surface area contributed by atoms with Crippen molar-refractivity contribution >= 4 is 18.0 Å². The van der Waals surface area contributed by atoms with Gasteiger partial charge in [-0.05, 0) is 47.4 Å². The van der Waals surface area contributed by atoms with E-state index in [0.717, 1.165) is 24.0 Å². The largest absolute Gasteiger partial charge is 0.480 e. The van der Waals surface area contributed by atoms with Crippen LogP contribution in [0.15, 0.2) is 48.5 Å². The molecule has 2 aromatic carbocycles. The lowest BCUT2D eigenvalue weighted by atomic mass is 9.94. The molecule has 0 heterocycles. The highest BCUT2D eigenvalue weighted by Gasteiger charge is 2.35. The number of carbonyl (C=O) groups excluding carboxylic acids is 2. The van der Waals surface area contributed by atoms with Crippen molar-refractivity contribution in [1.82, 2.24) is 10.6 Å². The van der Waals surface area contributed by atoms with E-state index < -0.39 is 18.1 Å². The average molecular weight is 451 g/mol. The van der Waals surface area contributed by atoms with Crippen LogP contribution in [0.1, 0.15) is 49.7 Å². The topological polar surface area (TPSA) is 105 Å². The molecule has 2 amide bonds. The summed E-state index contributed by atoms with van der Waals surface area (Å²) in [5, 5.41) is 14.6. The van der Waals surface area contributed by atoms with E-state index >= 15 is 0 Å². The van der Waals surface area contributed by atoms with Crippen molar-refractivity contribution < 1.29 is 24.2 Å². The SMILES string of the molecule is CC[C@@H](NC(=O)C1CCCC1CNC(=O)OCC1c2ccccc2-c2ccccc21)C(=O)O. The van der Waals surface area contributed by atoms with Crippen LogP contribution >= 0.6 is 0 Å². The lowest BCUT2D eigenvalue weighted by Crippen LogP contribution is -2.45. The number of carboxylic acids is 1. The molecule has 0 aliphatic heterocycles. The molecule has 3 atom stereocenters. The number of hydrogen-bond acceptors (Lipinski definition) is 4. The summed E-state index contributed by atoms with van der Waals surface area (Å²) in [4.78, 5) is 36.3. The van der Waals surface area contributed by atoms with Gasteiger partial charge in [0.05, 0.1) is 0 Å². The molecule has 0 aromatic heterocycles. The van der Waals surface area contributed by atoms with Gasteiger partial charge >= 0.3 is 12.1 Å². The Balaban J connectivity index is 1.31. The first-order chi connectivity index (χ1) is 16.0. The normalized spacial score (nSPS) is 19.9. The van der Waals surface area contributed by atoms with Crippen LogP contribution in [-0.2, 0) is 14.3 Å². The standard InChI is InChI=1S/C26H30N2O5/c1-2-23(25(30)31)28-24(29)17-13-7-8-16(17)14-27-26(32)33-15-22-20-11-5-3-9-18(20)19-10-4-6-12-21(19)22/h3-6,9-12,16-17,22-23H,2,7-8,13-15H2,1H3,(H,27,32)(H,28,29)(H,30,31)/t16?,17?,23-/m1/s1. The monoisotopic (exact) mass is 450 g/mol. The summed E-state index contributed by atoms with van der Waals surface area (Å²) in [5.74, 6) is -1.61. The predicted octanol–water partition coefficient (Wildman–Crippen LogP) is 3.92. The van der Waals surface area contributed by atoms with E-state index in [1.165, 1.54) is 11.1 Å². The second-order valence-corrected chi connectivity index (χ2v) is 8.81. The minimum atomic E-state index is -1.03. The molecule has 2 aliphatic rings.